The van der Waals surface area contributed by atoms with Crippen LogP contribution in [0.5, 0.6) is 0 Å². The average molecular weight is 436 g/mol. The Kier molecular flexibility index (Phi) is 5.53. The van der Waals surface area contributed by atoms with Crippen LogP contribution in [0.25, 0.3) is 6.08 Å². The lowest BCUT2D eigenvalue weighted by molar-refractivity contribution is 0.248. The van der Waals surface area contributed by atoms with Crippen molar-refractivity contribution < 1.29 is 4.21 Å². The van der Waals surface area contributed by atoms with E-state index in [-0.39, 0.29) is 0 Å². The number of fused-ring (bicyclic) bond motifs is 4. The molecule has 1 aromatic heterocycles. The second-order valence-corrected chi connectivity index (χ2v) is 11.8. The van der Waals surface area contributed by atoms with E-state index < -0.39 is 14.5 Å². The molecule has 31 heavy (non-hydrogen) atoms. The maximum Gasteiger partial charge on any atom is 0.101 e. The van der Waals surface area contributed by atoms with Crippen LogP contribution in [-0.4, -0.2) is 39.6 Å². The van der Waals surface area contributed by atoms with Crippen LogP contribution >= 0.6 is 0 Å². The summed E-state index contributed by atoms with van der Waals surface area (Å²) >= 11 is 0. The highest BCUT2D eigenvalue weighted by Gasteiger charge is 2.63. The van der Waals surface area contributed by atoms with Crippen molar-refractivity contribution in [3.63, 3.8) is 0 Å². The quantitative estimate of drug-likeness (QED) is 0.502. The Balaban J connectivity index is 1.08. The molecule has 1 aliphatic heterocycles. The van der Waals surface area contributed by atoms with E-state index in [2.05, 4.69) is 63.8 Å². The predicted octanol–water partition coefficient (Wildman–Crippen LogP) is 4.08. The number of aromatic nitrogens is 1. The molecule has 3 aliphatic rings. The summed E-state index contributed by atoms with van der Waals surface area (Å²) in [4.78, 5) is 7.17. The molecule has 0 spiro atoms. The first-order valence-electron chi connectivity index (χ1n) is 11.6. The molecule has 0 saturated heterocycles. The van der Waals surface area contributed by atoms with Gasteiger partial charge in [-0.2, -0.15) is 0 Å². The molecule has 3 unspecified atom stereocenters. The van der Waals surface area contributed by atoms with Crippen LogP contribution in [0.1, 0.15) is 53.6 Å². The third-order valence-corrected chi connectivity index (χ3v) is 9.75. The van der Waals surface area contributed by atoms with Crippen molar-refractivity contribution in [3.8, 4) is 0 Å². The normalized spacial score (nSPS) is 25.9. The number of unbranched alkanes of at least 4 members (excludes halogenated alkanes) is 2. The van der Waals surface area contributed by atoms with Gasteiger partial charge in [-0.25, -0.2) is 4.72 Å². The molecule has 4 nitrogen and oxygen atoms in total. The molecule has 1 fully saturated rings. The second-order valence-electron chi connectivity index (χ2n) is 9.43. The molecular weight excluding hydrogens is 402 g/mol. The van der Waals surface area contributed by atoms with E-state index >= 15 is 0 Å². The largest absolute Gasteiger partial charge is 0.299 e. The topological polar surface area (TPSA) is 45.2 Å². The van der Waals surface area contributed by atoms with Crippen molar-refractivity contribution in [1.29, 1.82) is 0 Å². The highest BCUT2D eigenvalue weighted by molar-refractivity contribution is 7.99. The molecule has 3 atom stereocenters. The average Bonchev–Trinajstić information content (AvgIpc) is 3.53. The van der Waals surface area contributed by atoms with Crippen LogP contribution in [-0.2, 0) is 27.4 Å². The highest BCUT2D eigenvalue weighted by atomic mass is 32.2. The fraction of sp³-hybridized carbons (Fsp3) is 0.462. The van der Waals surface area contributed by atoms with Gasteiger partial charge in [0.2, 0.25) is 0 Å². The first-order valence-corrected chi connectivity index (χ1v) is 13.3. The Morgan fingerprint density at radius 3 is 3.06 bits per heavy atom. The number of nitrogens with one attached hydrogen (secondary N) is 1. The van der Waals surface area contributed by atoms with Gasteiger partial charge in [-0.05, 0) is 67.8 Å². The van der Waals surface area contributed by atoms with Crippen molar-refractivity contribution in [3.05, 3.63) is 70.6 Å². The molecular formula is C26H33N3OS. The van der Waals surface area contributed by atoms with Crippen LogP contribution in [0.15, 0.2) is 42.6 Å². The van der Waals surface area contributed by atoms with Gasteiger partial charge in [-0.1, -0.05) is 48.4 Å². The van der Waals surface area contributed by atoms with Crippen molar-refractivity contribution in [2.75, 3.05) is 19.6 Å². The third kappa shape index (κ3) is 3.88. The number of hydrogen-bond donors (Lipinski definition) is 1. The SMILES string of the molecule is C=S(=O)(NCCCCCN1CCc2ccc(C)cc2C1)C12CC1C=Cc1cccnc12. The Hall–Kier alpha value is -1.95. The van der Waals surface area contributed by atoms with E-state index in [1.165, 1.54) is 23.1 Å². The standard InChI is InChI=1S/C26H33N3OS/c1-20-8-9-21-12-16-29(19-23(21)17-20)15-5-3-4-14-28-31(2,30)26-18-24(26)11-10-22-7-6-13-27-25(22)26/h6-11,13,17,24H,2-5,12,14-16,18-19H2,1H3,(H,28,30). The zero-order valence-corrected chi connectivity index (χ0v) is 19.3. The monoisotopic (exact) mass is 435 g/mol. The molecule has 0 amide bonds. The summed E-state index contributed by atoms with van der Waals surface area (Å²) in [5.41, 5.74) is 6.43. The van der Waals surface area contributed by atoms with Gasteiger partial charge in [0.15, 0.2) is 0 Å². The summed E-state index contributed by atoms with van der Waals surface area (Å²) in [6.45, 7) is 6.30. The van der Waals surface area contributed by atoms with E-state index in [1.54, 1.807) is 0 Å². The maximum absolute atomic E-state index is 13.6. The first-order chi connectivity index (χ1) is 15.0. The number of allylic oxidation sites excluding steroid dienone is 1. The number of aryl methyl sites for hydroxylation is 1. The zero-order chi connectivity index (χ0) is 21.5. The lowest BCUT2D eigenvalue weighted by Crippen LogP contribution is -2.37. The van der Waals surface area contributed by atoms with E-state index in [0.29, 0.717) is 5.92 Å². The molecule has 2 aliphatic carbocycles. The Bertz CT molecular complexity index is 1110. The fourth-order valence-electron chi connectivity index (χ4n) is 5.36. The summed E-state index contributed by atoms with van der Waals surface area (Å²) in [5, 5.41) is 0. The van der Waals surface area contributed by atoms with Gasteiger partial charge in [0.05, 0.1) is 5.69 Å². The van der Waals surface area contributed by atoms with Crippen molar-refractivity contribution in [1.82, 2.24) is 14.6 Å². The molecule has 2 heterocycles. The van der Waals surface area contributed by atoms with Crippen LogP contribution in [0.3, 0.4) is 0 Å². The van der Waals surface area contributed by atoms with Crippen LogP contribution in [0, 0.1) is 12.8 Å². The minimum absolute atomic E-state index is 0.304. The third-order valence-electron chi connectivity index (χ3n) is 7.24. The van der Waals surface area contributed by atoms with E-state index in [4.69, 9.17) is 0 Å². The molecule has 2 aromatic rings. The maximum atomic E-state index is 13.6. The molecule has 1 aromatic carbocycles. The summed E-state index contributed by atoms with van der Waals surface area (Å²) in [6, 6.07) is 10.9. The first kappa shape index (κ1) is 20.9. The minimum Gasteiger partial charge on any atom is -0.299 e. The molecule has 5 rings (SSSR count). The Morgan fingerprint density at radius 1 is 1.26 bits per heavy atom. The molecule has 0 bridgehead atoms. The lowest BCUT2D eigenvalue weighted by atomic mass is 9.97. The summed E-state index contributed by atoms with van der Waals surface area (Å²) in [5.74, 6) is 4.46. The number of benzene rings is 1. The molecule has 164 valence electrons. The van der Waals surface area contributed by atoms with Gasteiger partial charge in [0.1, 0.15) is 4.75 Å². The molecule has 1 saturated carbocycles. The van der Waals surface area contributed by atoms with Crippen molar-refractivity contribution >= 4 is 21.7 Å². The highest BCUT2D eigenvalue weighted by Crippen LogP contribution is 2.61. The summed E-state index contributed by atoms with van der Waals surface area (Å²) in [6.07, 6.45) is 11.5. The van der Waals surface area contributed by atoms with Crippen molar-refractivity contribution in [2.45, 2.75) is 50.3 Å². The van der Waals surface area contributed by atoms with Gasteiger partial charge in [-0.3, -0.25) is 14.1 Å². The van der Waals surface area contributed by atoms with Crippen molar-refractivity contribution in [2.24, 2.45) is 5.92 Å². The zero-order valence-electron chi connectivity index (χ0n) is 18.5. The number of nitrogens with zero attached hydrogens (tertiary/aromatic N) is 2. The van der Waals surface area contributed by atoms with Gasteiger partial charge in [0.25, 0.3) is 0 Å². The predicted molar refractivity (Wildman–Crippen MR) is 130 cm³/mol. The summed E-state index contributed by atoms with van der Waals surface area (Å²) in [7, 11) is -2.44. The molecule has 0 radical (unpaired) electrons. The minimum atomic E-state index is -2.44. The summed E-state index contributed by atoms with van der Waals surface area (Å²) < 4.78 is 16.5. The van der Waals surface area contributed by atoms with Gasteiger partial charge >= 0.3 is 0 Å². The van der Waals surface area contributed by atoms with Gasteiger partial charge in [0, 0.05) is 41.5 Å². The van der Waals surface area contributed by atoms with E-state index in [1.807, 2.05) is 12.3 Å². The van der Waals surface area contributed by atoms with Gasteiger partial charge < -0.3 is 0 Å². The van der Waals surface area contributed by atoms with E-state index in [9.17, 15) is 4.21 Å². The Labute approximate surface area is 186 Å². The number of hydrogen-bond acceptors (Lipinski definition) is 3. The smallest absolute Gasteiger partial charge is 0.101 e. The van der Waals surface area contributed by atoms with Crippen LogP contribution in [0.4, 0.5) is 0 Å². The van der Waals surface area contributed by atoms with Crippen LogP contribution in [0.2, 0.25) is 0 Å². The Morgan fingerprint density at radius 2 is 2.16 bits per heavy atom. The second kappa shape index (κ2) is 8.19. The van der Waals surface area contributed by atoms with E-state index in [0.717, 1.165) is 63.1 Å². The number of pyridine rings is 1. The van der Waals surface area contributed by atoms with Crippen LogP contribution < -0.4 is 4.72 Å². The fourth-order valence-corrected chi connectivity index (χ4v) is 7.59. The number of rotatable bonds is 8. The molecule has 1 N–H and O–H groups in total. The lowest BCUT2D eigenvalue weighted by Gasteiger charge is -2.29. The van der Waals surface area contributed by atoms with Gasteiger partial charge in [-0.15, -0.1) is 0 Å². The molecule has 5 heteroatoms.